The highest BCUT2D eigenvalue weighted by Crippen LogP contribution is 2.39. The van der Waals surface area contributed by atoms with Crippen molar-refractivity contribution in [1.29, 1.82) is 0 Å². The second-order valence-corrected chi connectivity index (χ2v) is 7.56. The van der Waals surface area contributed by atoms with Crippen LogP contribution in [0, 0.1) is 11.8 Å². The molecule has 25 heavy (non-hydrogen) atoms. The van der Waals surface area contributed by atoms with Crippen LogP contribution in [0.25, 0.3) is 0 Å². The van der Waals surface area contributed by atoms with Crippen LogP contribution in [-0.4, -0.2) is 34.2 Å². The van der Waals surface area contributed by atoms with E-state index in [-0.39, 0.29) is 24.0 Å². The first kappa shape index (κ1) is 22.1. The minimum absolute atomic E-state index is 0.00773. The molecule has 0 unspecified atom stereocenters. The molecule has 4 atom stereocenters. The number of Topliss-reactive ketones (excluding diaryl/α,β-unsaturated/α-hetero) is 1. The van der Waals surface area contributed by atoms with Crippen molar-refractivity contribution < 1.29 is 24.9 Å². The third kappa shape index (κ3) is 8.82. The van der Waals surface area contributed by atoms with Crippen molar-refractivity contribution in [1.82, 2.24) is 0 Å². The molecular formula is C20H35O5-. The third-order valence-corrected chi connectivity index (χ3v) is 5.51. The summed E-state index contributed by atoms with van der Waals surface area (Å²) in [4.78, 5) is 22.3. The fourth-order valence-electron chi connectivity index (χ4n) is 4.01. The summed E-state index contributed by atoms with van der Waals surface area (Å²) in [5, 5.41) is 30.8. The molecule has 2 N–H and O–H groups in total. The molecule has 0 heterocycles. The number of carbonyl (C=O) groups is 2. The summed E-state index contributed by atoms with van der Waals surface area (Å²) < 4.78 is 0. The Morgan fingerprint density at radius 3 is 2.08 bits per heavy atom. The molecule has 0 bridgehead atoms. The number of unbranched alkanes of at least 4 members (excludes halogenated alkanes) is 5. The van der Waals surface area contributed by atoms with Crippen LogP contribution in [0.15, 0.2) is 0 Å². The van der Waals surface area contributed by atoms with Crippen molar-refractivity contribution in [3.8, 4) is 0 Å². The highest BCUT2D eigenvalue weighted by molar-refractivity contribution is 5.78. The Balaban J connectivity index is 2.30. The van der Waals surface area contributed by atoms with Gasteiger partial charge in [-0.1, -0.05) is 39.0 Å². The Morgan fingerprint density at radius 2 is 1.44 bits per heavy atom. The van der Waals surface area contributed by atoms with Crippen LogP contribution >= 0.6 is 0 Å². The van der Waals surface area contributed by atoms with E-state index in [1.807, 2.05) is 0 Å². The van der Waals surface area contributed by atoms with E-state index in [1.54, 1.807) is 0 Å². The number of carbonyl (C=O) groups excluding carboxylic acids is 2. The molecule has 5 nitrogen and oxygen atoms in total. The fraction of sp³-hybridized carbons (Fsp3) is 0.900. The van der Waals surface area contributed by atoms with E-state index in [1.165, 1.54) is 0 Å². The molecule has 146 valence electrons. The fourth-order valence-corrected chi connectivity index (χ4v) is 4.01. The van der Waals surface area contributed by atoms with Gasteiger partial charge < -0.3 is 20.1 Å². The number of carboxylic acids is 1. The van der Waals surface area contributed by atoms with E-state index in [9.17, 15) is 24.9 Å². The van der Waals surface area contributed by atoms with Crippen LogP contribution < -0.4 is 5.11 Å². The van der Waals surface area contributed by atoms with E-state index in [0.717, 1.165) is 44.9 Å². The predicted octanol–water partition coefficient (Wildman–Crippen LogP) is 2.36. The molecule has 0 saturated heterocycles. The quantitative estimate of drug-likeness (QED) is 0.466. The van der Waals surface area contributed by atoms with E-state index in [4.69, 9.17) is 0 Å². The molecule has 0 spiro atoms. The monoisotopic (exact) mass is 355 g/mol. The van der Waals surface area contributed by atoms with E-state index in [2.05, 4.69) is 6.92 Å². The third-order valence-electron chi connectivity index (χ3n) is 5.51. The van der Waals surface area contributed by atoms with Gasteiger partial charge in [0.05, 0.1) is 12.2 Å². The van der Waals surface area contributed by atoms with Crippen LogP contribution in [0.1, 0.15) is 90.4 Å². The first-order valence-corrected chi connectivity index (χ1v) is 10.0. The van der Waals surface area contributed by atoms with E-state index < -0.39 is 18.2 Å². The average molecular weight is 355 g/mol. The van der Waals surface area contributed by atoms with Gasteiger partial charge in [-0.2, -0.15) is 0 Å². The van der Waals surface area contributed by atoms with Gasteiger partial charge in [-0.15, -0.1) is 0 Å². The van der Waals surface area contributed by atoms with Gasteiger partial charge in [-0.3, -0.25) is 4.79 Å². The van der Waals surface area contributed by atoms with Gasteiger partial charge in [-0.05, 0) is 50.4 Å². The summed E-state index contributed by atoms with van der Waals surface area (Å²) in [6.45, 7) is 2.11. The molecule has 1 aliphatic carbocycles. The Hall–Kier alpha value is -0.940. The zero-order chi connectivity index (χ0) is 18.7. The number of rotatable bonds is 14. The predicted molar refractivity (Wildman–Crippen MR) is 94.7 cm³/mol. The standard InChI is InChI=1S/C20H36O5/c1-2-3-6-9-15(21)12-13-17-16(18(22)14-19(17)23)10-7-4-5-8-11-20(24)25/h16-19,22-23H,2-14H2,1H3,(H,24,25)/p-1/t16-,17-,18+,19-/m1/s1. The van der Waals surface area contributed by atoms with Gasteiger partial charge >= 0.3 is 0 Å². The number of hydrogen-bond donors (Lipinski definition) is 2. The van der Waals surface area contributed by atoms with Crippen molar-refractivity contribution in [2.45, 2.75) is 103 Å². The number of aliphatic hydroxyl groups excluding tert-OH is 2. The molecule has 0 amide bonds. The lowest BCUT2D eigenvalue weighted by atomic mass is 9.84. The smallest absolute Gasteiger partial charge is 0.132 e. The molecule has 5 heteroatoms. The van der Waals surface area contributed by atoms with Crippen molar-refractivity contribution in [2.24, 2.45) is 11.8 Å². The summed E-state index contributed by atoms with van der Waals surface area (Å²) in [5.74, 6) is -0.672. The Kier molecular flexibility index (Phi) is 11.0. The van der Waals surface area contributed by atoms with Crippen molar-refractivity contribution >= 4 is 11.8 Å². The number of carboxylic acid groups (broad SMARTS) is 1. The topological polar surface area (TPSA) is 97.7 Å². The zero-order valence-electron chi connectivity index (χ0n) is 15.6. The lowest BCUT2D eigenvalue weighted by molar-refractivity contribution is -0.305. The van der Waals surface area contributed by atoms with E-state index in [0.29, 0.717) is 32.1 Å². The Bertz CT molecular complexity index is 396. The average Bonchev–Trinajstić information content (AvgIpc) is 2.82. The van der Waals surface area contributed by atoms with Crippen LogP contribution in [0.4, 0.5) is 0 Å². The summed E-state index contributed by atoms with van der Waals surface area (Å²) in [7, 11) is 0. The molecular weight excluding hydrogens is 320 g/mol. The molecule has 0 aromatic carbocycles. The maximum atomic E-state index is 12.0. The molecule has 0 aliphatic heterocycles. The Labute approximate surface area is 151 Å². The summed E-state index contributed by atoms with van der Waals surface area (Å²) in [5.41, 5.74) is 0. The number of aliphatic hydroxyl groups is 2. The van der Waals surface area contributed by atoms with Gasteiger partial charge in [0.1, 0.15) is 5.78 Å². The highest BCUT2D eigenvalue weighted by atomic mass is 16.4. The lowest BCUT2D eigenvalue weighted by Gasteiger charge is -2.23. The zero-order valence-corrected chi connectivity index (χ0v) is 15.6. The van der Waals surface area contributed by atoms with Gasteiger partial charge in [0.25, 0.3) is 0 Å². The summed E-state index contributed by atoms with van der Waals surface area (Å²) in [6, 6.07) is 0. The van der Waals surface area contributed by atoms with Crippen molar-refractivity contribution in [2.75, 3.05) is 0 Å². The molecule has 1 aliphatic rings. The van der Waals surface area contributed by atoms with Crippen molar-refractivity contribution in [3.63, 3.8) is 0 Å². The second-order valence-electron chi connectivity index (χ2n) is 7.56. The maximum absolute atomic E-state index is 12.0. The normalized spacial score (nSPS) is 26.0. The van der Waals surface area contributed by atoms with Crippen LogP contribution in [0.5, 0.6) is 0 Å². The molecule has 0 radical (unpaired) electrons. The molecule has 0 aromatic heterocycles. The molecule has 0 aromatic rings. The van der Waals surface area contributed by atoms with Crippen LogP contribution in [-0.2, 0) is 9.59 Å². The van der Waals surface area contributed by atoms with Crippen LogP contribution in [0.2, 0.25) is 0 Å². The van der Waals surface area contributed by atoms with E-state index >= 15 is 0 Å². The van der Waals surface area contributed by atoms with Gasteiger partial charge in [0.15, 0.2) is 0 Å². The minimum Gasteiger partial charge on any atom is -0.550 e. The number of hydrogen-bond acceptors (Lipinski definition) is 5. The first-order valence-electron chi connectivity index (χ1n) is 10.0. The van der Waals surface area contributed by atoms with Crippen LogP contribution in [0.3, 0.4) is 0 Å². The maximum Gasteiger partial charge on any atom is 0.132 e. The van der Waals surface area contributed by atoms with Gasteiger partial charge in [0.2, 0.25) is 0 Å². The largest absolute Gasteiger partial charge is 0.550 e. The minimum atomic E-state index is -1.00. The molecule has 1 saturated carbocycles. The SMILES string of the molecule is CCCCCC(=O)CC[C@@H]1[C@@H](CCCCCCC(=O)[O-])[C@@H](O)C[C@H]1O. The second kappa shape index (κ2) is 12.4. The van der Waals surface area contributed by atoms with Gasteiger partial charge in [0, 0.05) is 18.8 Å². The molecule has 1 fully saturated rings. The summed E-state index contributed by atoms with van der Waals surface area (Å²) in [6.07, 6.45) is 8.59. The summed E-state index contributed by atoms with van der Waals surface area (Å²) >= 11 is 0. The Morgan fingerprint density at radius 1 is 0.840 bits per heavy atom. The molecule has 1 rings (SSSR count). The number of ketones is 1. The lowest BCUT2D eigenvalue weighted by Crippen LogP contribution is -2.23. The first-order chi connectivity index (χ1) is 12.0. The number of aliphatic carboxylic acids is 1. The van der Waals surface area contributed by atoms with Crippen molar-refractivity contribution in [3.05, 3.63) is 0 Å². The highest BCUT2D eigenvalue weighted by Gasteiger charge is 2.40. The van der Waals surface area contributed by atoms with Gasteiger partial charge in [-0.25, -0.2) is 0 Å².